The van der Waals surface area contributed by atoms with Gasteiger partial charge in [0.1, 0.15) is 11.5 Å². The Morgan fingerprint density at radius 2 is 1.87 bits per heavy atom. The highest BCUT2D eigenvalue weighted by atomic mass is 15.3. The SMILES string of the molecule is Cc1nnc2ccc3c(cc(-c4ccn(CC(C)C#N)n4)n3Cc3ccccc3)n12. The summed E-state index contributed by atoms with van der Waals surface area (Å²) in [6.45, 7) is 5.17. The summed E-state index contributed by atoms with van der Waals surface area (Å²) >= 11 is 0. The van der Waals surface area contributed by atoms with Gasteiger partial charge in [0.25, 0.3) is 0 Å². The molecule has 7 nitrogen and oxygen atoms in total. The number of benzene rings is 1. The number of pyridine rings is 1. The molecule has 5 aromatic rings. The minimum Gasteiger partial charge on any atom is -0.333 e. The Morgan fingerprint density at radius 1 is 1.03 bits per heavy atom. The van der Waals surface area contributed by atoms with Crippen molar-refractivity contribution in [2.24, 2.45) is 5.92 Å². The molecule has 0 aliphatic heterocycles. The zero-order valence-electron chi connectivity index (χ0n) is 16.9. The Kier molecular flexibility index (Phi) is 4.32. The maximum atomic E-state index is 9.12. The van der Waals surface area contributed by atoms with Crippen molar-refractivity contribution >= 4 is 16.7 Å². The van der Waals surface area contributed by atoms with Crippen molar-refractivity contribution in [1.82, 2.24) is 28.9 Å². The minimum atomic E-state index is -0.0905. The van der Waals surface area contributed by atoms with Crippen molar-refractivity contribution in [3.8, 4) is 17.5 Å². The van der Waals surface area contributed by atoms with Crippen LogP contribution in [0.1, 0.15) is 18.3 Å². The lowest BCUT2D eigenvalue weighted by atomic mass is 10.2. The van der Waals surface area contributed by atoms with Crippen LogP contribution in [0.25, 0.3) is 28.1 Å². The van der Waals surface area contributed by atoms with Crippen molar-refractivity contribution in [3.63, 3.8) is 0 Å². The third-order valence-electron chi connectivity index (χ3n) is 5.37. The Balaban J connectivity index is 1.70. The Bertz CT molecular complexity index is 1380. The number of aryl methyl sites for hydroxylation is 1. The molecule has 0 N–H and O–H groups in total. The second kappa shape index (κ2) is 7.16. The number of hydrogen-bond acceptors (Lipinski definition) is 4. The molecule has 148 valence electrons. The lowest BCUT2D eigenvalue weighted by Gasteiger charge is -2.10. The molecule has 1 aromatic carbocycles. The maximum Gasteiger partial charge on any atom is 0.161 e. The fraction of sp³-hybridized carbons (Fsp3) is 0.217. The van der Waals surface area contributed by atoms with Crippen LogP contribution in [0.2, 0.25) is 0 Å². The summed E-state index contributed by atoms with van der Waals surface area (Å²) in [7, 11) is 0. The summed E-state index contributed by atoms with van der Waals surface area (Å²) in [5, 5.41) is 22.4. The van der Waals surface area contributed by atoms with Gasteiger partial charge in [-0.05, 0) is 43.7 Å². The van der Waals surface area contributed by atoms with Crippen molar-refractivity contribution in [2.45, 2.75) is 26.9 Å². The monoisotopic (exact) mass is 395 g/mol. The molecule has 4 aromatic heterocycles. The Hall–Kier alpha value is -3.92. The quantitative estimate of drug-likeness (QED) is 0.450. The number of nitrogens with zero attached hydrogens (tertiary/aromatic N) is 7. The van der Waals surface area contributed by atoms with Gasteiger partial charge in [-0.15, -0.1) is 10.2 Å². The lowest BCUT2D eigenvalue weighted by molar-refractivity contribution is 0.529. The van der Waals surface area contributed by atoms with Gasteiger partial charge >= 0.3 is 0 Å². The van der Waals surface area contributed by atoms with Gasteiger partial charge < -0.3 is 4.57 Å². The van der Waals surface area contributed by atoms with Gasteiger partial charge in [0, 0.05) is 12.7 Å². The van der Waals surface area contributed by atoms with Gasteiger partial charge in [0.15, 0.2) is 5.65 Å². The van der Waals surface area contributed by atoms with E-state index in [1.165, 1.54) is 5.56 Å². The Labute approximate surface area is 173 Å². The molecule has 5 rings (SSSR count). The first-order valence-electron chi connectivity index (χ1n) is 9.95. The lowest BCUT2D eigenvalue weighted by Crippen LogP contribution is -2.07. The molecule has 0 radical (unpaired) electrons. The van der Waals surface area contributed by atoms with E-state index in [0.29, 0.717) is 6.54 Å². The molecule has 1 atom stereocenters. The molecule has 0 aliphatic rings. The van der Waals surface area contributed by atoms with E-state index < -0.39 is 0 Å². The van der Waals surface area contributed by atoms with E-state index in [0.717, 1.165) is 40.4 Å². The molecule has 1 unspecified atom stereocenters. The number of aromatic nitrogens is 6. The molecule has 4 heterocycles. The summed E-state index contributed by atoms with van der Waals surface area (Å²) in [6, 6.07) is 20.9. The summed E-state index contributed by atoms with van der Waals surface area (Å²) in [6.07, 6.45) is 1.94. The van der Waals surface area contributed by atoms with Gasteiger partial charge in [-0.25, -0.2) is 0 Å². The van der Waals surface area contributed by atoms with Crippen LogP contribution in [0.15, 0.2) is 60.8 Å². The summed E-state index contributed by atoms with van der Waals surface area (Å²) in [5.41, 5.74) is 6.11. The summed E-state index contributed by atoms with van der Waals surface area (Å²) in [5.74, 6) is 0.764. The molecular weight excluding hydrogens is 374 g/mol. The summed E-state index contributed by atoms with van der Waals surface area (Å²) in [4.78, 5) is 0. The van der Waals surface area contributed by atoms with E-state index in [4.69, 9.17) is 10.4 Å². The van der Waals surface area contributed by atoms with E-state index >= 15 is 0 Å². The normalized spacial score (nSPS) is 12.4. The van der Waals surface area contributed by atoms with Crippen molar-refractivity contribution < 1.29 is 0 Å². The van der Waals surface area contributed by atoms with Gasteiger partial charge in [-0.1, -0.05) is 30.3 Å². The average Bonchev–Trinajstić information content (AvgIpc) is 3.46. The molecule has 0 fully saturated rings. The third-order valence-corrected chi connectivity index (χ3v) is 5.37. The van der Waals surface area contributed by atoms with Crippen molar-refractivity contribution in [3.05, 3.63) is 72.2 Å². The van der Waals surface area contributed by atoms with E-state index in [2.05, 4.69) is 61.6 Å². The van der Waals surface area contributed by atoms with E-state index in [1.807, 2.05) is 42.9 Å². The van der Waals surface area contributed by atoms with Crippen molar-refractivity contribution in [2.75, 3.05) is 0 Å². The zero-order chi connectivity index (χ0) is 20.7. The minimum absolute atomic E-state index is 0.0905. The Morgan fingerprint density at radius 3 is 2.67 bits per heavy atom. The molecule has 0 saturated carbocycles. The highest BCUT2D eigenvalue weighted by Crippen LogP contribution is 2.29. The highest BCUT2D eigenvalue weighted by Gasteiger charge is 2.17. The van der Waals surface area contributed by atoms with Crippen LogP contribution < -0.4 is 0 Å². The standard InChI is InChI=1S/C23H21N7/c1-16(13-24)14-28-11-10-19(27-28)21-12-22-20(8-9-23-26-25-17(2)30(22)23)29(21)15-18-6-4-3-5-7-18/h3-12,16H,14-15H2,1-2H3. The zero-order valence-corrected chi connectivity index (χ0v) is 16.9. The predicted octanol–water partition coefficient (Wildman–Crippen LogP) is 4.06. The van der Waals surface area contributed by atoms with E-state index in [-0.39, 0.29) is 5.92 Å². The van der Waals surface area contributed by atoms with Crippen LogP contribution in [0.4, 0.5) is 0 Å². The fourth-order valence-corrected chi connectivity index (χ4v) is 3.91. The van der Waals surface area contributed by atoms with Gasteiger partial charge in [-0.2, -0.15) is 10.4 Å². The highest BCUT2D eigenvalue weighted by molar-refractivity contribution is 5.86. The number of rotatable bonds is 5. The third kappa shape index (κ3) is 3.03. The largest absolute Gasteiger partial charge is 0.333 e. The first kappa shape index (κ1) is 18.1. The van der Waals surface area contributed by atoms with Crippen LogP contribution in [-0.2, 0) is 13.1 Å². The van der Waals surface area contributed by atoms with Crippen molar-refractivity contribution in [1.29, 1.82) is 5.26 Å². The van der Waals surface area contributed by atoms with E-state index in [1.54, 1.807) is 0 Å². The first-order valence-corrected chi connectivity index (χ1v) is 9.95. The number of hydrogen-bond donors (Lipinski definition) is 0. The summed E-state index contributed by atoms with van der Waals surface area (Å²) < 4.78 is 6.20. The molecule has 7 heteroatoms. The maximum absolute atomic E-state index is 9.12. The van der Waals surface area contributed by atoms with Crippen LogP contribution >= 0.6 is 0 Å². The van der Waals surface area contributed by atoms with Gasteiger partial charge in [-0.3, -0.25) is 9.08 Å². The molecule has 0 bridgehead atoms. The number of fused-ring (bicyclic) bond motifs is 3. The predicted molar refractivity (Wildman–Crippen MR) is 115 cm³/mol. The molecule has 0 amide bonds. The molecule has 0 saturated heterocycles. The fourth-order valence-electron chi connectivity index (χ4n) is 3.91. The average molecular weight is 395 g/mol. The molecule has 0 spiro atoms. The van der Waals surface area contributed by atoms with Crippen LogP contribution in [0.3, 0.4) is 0 Å². The van der Waals surface area contributed by atoms with Crippen LogP contribution in [0.5, 0.6) is 0 Å². The number of nitriles is 1. The topological polar surface area (TPSA) is 76.7 Å². The second-order valence-electron chi connectivity index (χ2n) is 7.60. The second-order valence-corrected chi connectivity index (χ2v) is 7.60. The van der Waals surface area contributed by atoms with Crippen LogP contribution in [0, 0.1) is 24.2 Å². The molecular formula is C23H21N7. The van der Waals surface area contributed by atoms with Gasteiger partial charge in [0.2, 0.25) is 0 Å². The van der Waals surface area contributed by atoms with Crippen LogP contribution in [-0.4, -0.2) is 28.9 Å². The van der Waals surface area contributed by atoms with Gasteiger partial charge in [0.05, 0.1) is 35.3 Å². The van der Waals surface area contributed by atoms with E-state index in [9.17, 15) is 0 Å². The smallest absolute Gasteiger partial charge is 0.161 e. The molecule has 30 heavy (non-hydrogen) atoms. The molecule has 0 aliphatic carbocycles. The first-order chi connectivity index (χ1) is 14.6.